The van der Waals surface area contributed by atoms with Gasteiger partial charge in [-0.2, -0.15) is 5.10 Å². The molecule has 0 spiro atoms. The third kappa shape index (κ3) is 3.72. The Balaban J connectivity index is 1.63. The van der Waals surface area contributed by atoms with Crippen LogP contribution < -0.4 is 15.2 Å². The Morgan fingerprint density at radius 2 is 1.71 bits per heavy atom. The molecule has 0 aliphatic rings. The predicted molar refractivity (Wildman–Crippen MR) is 90.9 cm³/mol. The number of H-pyrrole nitrogens is 1. The van der Waals surface area contributed by atoms with Gasteiger partial charge in [0.15, 0.2) is 11.6 Å². The number of hydrogen-bond acceptors (Lipinski definition) is 5. The van der Waals surface area contributed by atoms with Crippen LogP contribution in [0.5, 0.6) is 11.5 Å². The number of ether oxygens (including phenoxy) is 2. The predicted octanol–water partition coefficient (Wildman–Crippen LogP) is 2.75. The van der Waals surface area contributed by atoms with E-state index in [1.807, 2.05) is 55.5 Å². The lowest BCUT2D eigenvalue weighted by atomic mass is 10.1. The van der Waals surface area contributed by atoms with E-state index in [4.69, 9.17) is 15.2 Å². The lowest BCUT2D eigenvalue weighted by Gasteiger charge is -2.08. The fourth-order valence-electron chi connectivity index (χ4n) is 2.26. The molecule has 1 aromatic heterocycles. The molecule has 3 rings (SSSR count). The van der Waals surface area contributed by atoms with Gasteiger partial charge in [0.1, 0.15) is 18.1 Å². The largest absolute Gasteiger partial charge is 0.497 e. The van der Waals surface area contributed by atoms with Crippen LogP contribution in [-0.4, -0.2) is 22.3 Å². The van der Waals surface area contributed by atoms with Crippen molar-refractivity contribution in [1.29, 1.82) is 0 Å². The Hall–Kier alpha value is -2.86. The molecule has 1 unspecified atom stereocenters. The standard InChI is InChI=1S/C18H20N4O2/c1-12-3-5-13(6-4-12)17(19)18-20-16(21-22-18)11-24-15-9-7-14(23-2)8-10-15/h3-10,17H,11,19H2,1-2H3,(H,20,21,22). The van der Waals surface area contributed by atoms with E-state index in [2.05, 4.69) is 15.2 Å². The SMILES string of the molecule is COc1ccc(OCc2nc(C(N)c3ccc(C)cc3)n[nH]2)cc1. The van der Waals surface area contributed by atoms with Gasteiger partial charge in [0.05, 0.1) is 13.2 Å². The van der Waals surface area contributed by atoms with Crippen molar-refractivity contribution in [2.45, 2.75) is 19.6 Å². The third-order valence-electron chi connectivity index (χ3n) is 3.70. The van der Waals surface area contributed by atoms with Gasteiger partial charge in [0, 0.05) is 0 Å². The highest BCUT2D eigenvalue weighted by Crippen LogP contribution is 2.19. The average Bonchev–Trinajstić information content (AvgIpc) is 3.09. The summed E-state index contributed by atoms with van der Waals surface area (Å²) in [7, 11) is 1.63. The average molecular weight is 324 g/mol. The maximum atomic E-state index is 6.22. The van der Waals surface area contributed by atoms with Crippen LogP contribution in [0.25, 0.3) is 0 Å². The number of aromatic nitrogens is 3. The van der Waals surface area contributed by atoms with Gasteiger partial charge in [0.25, 0.3) is 0 Å². The zero-order chi connectivity index (χ0) is 16.9. The molecule has 3 aromatic rings. The molecular formula is C18H20N4O2. The van der Waals surface area contributed by atoms with E-state index in [1.165, 1.54) is 5.56 Å². The number of aromatic amines is 1. The second kappa shape index (κ2) is 7.14. The van der Waals surface area contributed by atoms with Crippen LogP contribution in [0, 0.1) is 6.92 Å². The van der Waals surface area contributed by atoms with Gasteiger partial charge in [-0.1, -0.05) is 29.8 Å². The third-order valence-corrected chi connectivity index (χ3v) is 3.70. The summed E-state index contributed by atoms with van der Waals surface area (Å²) in [5.74, 6) is 2.69. The Labute approximate surface area is 140 Å². The maximum absolute atomic E-state index is 6.22. The molecule has 0 amide bonds. The van der Waals surface area contributed by atoms with Crippen LogP contribution in [-0.2, 0) is 6.61 Å². The Morgan fingerprint density at radius 3 is 2.38 bits per heavy atom. The molecule has 24 heavy (non-hydrogen) atoms. The van der Waals surface area contributed by atoms with Gasteiger partial charge in [-0.25, -0.2) is 4.98 Å². The second-order valence-electron chi connectivity index (χ2n) is 5.49. The highest BCUT2D eigenvalue weighted by molar-refractivity contribution is 5.31. The van der Waals surface area contributed by atoms with E-state index in [1.54, 1.807) is 7.11 Å². The molecule has 1 atom stereocenters. The van der Waals surface area contributed by atoms with Crippen molar-refractivity contribution in [2.75, 3.05) is 7.11 Å². The van der Waals surface area contributed by atoms with Crippen LogP contribution >= 0.6 is 0 Å². The Kier molecular flexibility index (Phi) is 4.77. The normalized spacial score (nSPS) is 12.0. The van der Waals surface area contributed by atoms with Gasteiger partial charge in [-0.3, -0.25) is 5.10 Å². The molecule has 2 aromatic carbocycles. The van der Waals surface area contributed by atoms with E-state index in [-0.39, 0.29) is 6.04 Å². The fraction of sp³-hybridized carbons (Fsp3) is 0.222. The summed E-state index contributed by atoms with van der Waals surface area (Å²) in [4.78, 5) is 4.42. The summed E-state index contributed by atoms with van der Waals surface area (Å²) >= 11 is 0. The van der Waals surface area contributed by atoms with Crippen LogP contribution in [0.4, 0.5) is 0 Å². The van der Waals surface area contributed by atoms with E-state index < -0.39 is 0 Å². The number of benzene rings is 2. The minimum Gasteiger partial charge on any atom is -0.497 e. The van der Waals surface area contributed by atoms with Gasteiger partial charge in [-0.15, -0.1) is 0 Å². The summed E-state index contributed by atoms with van der Waals surface area (Å²) < 4.78 is 10.8. The first-order valence-electron chi connectivity index (χ1n) is 7.66. The van der Waals surface area contributed by atoms with Crippen LogP contribution in [0.3, 0.4) is 0 Å². The van der Waals surface area contributed by atoms with E-state index in [0.717, 1.165) is 17.1 Å². The molecule has 6 nitrogen and oxygen atoms in total. The van der Waals surface area contributed by atoms with Crippen molar-refractivity contribution >= 4 is 0 Å². The summed E-state index contributed by atoms with van der Waals surface area (Å²) in [6.45, 7) is 2.33. The Morgan fingerprint density at radius 1 is 1.04 bits per heavy atom. The summed E-state index contributed by atoms with van der Waals surface area (Å²) in [6.07, 6.45) is 0. The van der Waals surface area contributed by atoms with Crippen molar-refractivity contribution in [3.05, 3.63) is 71.3 Å². The lowest BCUT2D eigenvalue weighted by Crippen LogP contribution is -2.13. The number of nitrogens with zero attached hydrogens (tertiary/aromatic N) is 2. The highest BCUT2D eigenvalue weighted by Gasteiger charge is 2.14. The molecule has 0 saturated heterocycles. The zero-order valence-corrected chi connectivity index (χ0v) is 13.7. The fourth-order valence-corrected chi connectivity index (χ4v) is 2.26. The molecule has 0 aliphatic carbocycles. The summed E-state index contributed by atoms with van der Waals surface area (Å²) in [5.41, 5.74) is 8.38. The molecule has 0 saturated carbocycles. The van der Waals surface area contributed by atoms with Crippen molar-refractivity contribution in [2.24, 2.45) is 5.73 Å². The van der Waals surface area contributed by atoms with Crippen LogP contribution in [0.1, 0.15) is 28.8 Å². The molecule has 1 heterocycles. The summed E-state index contributed by atoms with van der Waals surface area (Å²) in [6, 6.07) is 15.0. The number of methoxy groups -OCH3 is 1. The minimum atomic E-state index is -0.364. The van der Waals surface area contributed by atoms with E-state index in [9.17, 15) is 0 Å². The molecule has 0 fully saturated rings. The van der Waals surface area contributed by atoms with E-state index in [0.29, 0.717) is 18.3 Å². The van der Waals surface area contributed by atoms with E-state index >= 15 is 0 Å². The second-order valence-corrected chi connectivity index (χ2v) is 5.49. The Bertz CT molecular complexity index is 782. The van der Waals surface area contributed by atoms with Crippen LogP contribution in [0.15, 0.2) is 48.5 Å². The molecule has 0 bridgehead atoms. The number of aryl methyl sites for hydroxylation is 1. The number of rotatable bonds is 6. The van der Waals surface area contributed by atoms with Gasteiger partial charge >= 0.3 is 0 Å². The molecule has 3 N–H and O–H groups in total. The van der Waals surface area contributed by atoms with Crippen molar-refractivity contribution in [1.82, 2.24) is 15.2 Å². The first-order chi connectivity index (χ1) is 11.7. The number of hydrogen-bond donors (Lipinski definition) is 2. The quantitative estimate of drug-likeness (QED) is 0.728. The maximum Gasteiger partial charge on any atom is 0.172 e. The topological polar surface area (TPSA) is 86.1 Å². The van der Waals surface area contributed by atoms with Crippen LogP contribution in [0.2, 0.25) is 0 Å². The number of nitrogens with two attached hydrogens (primary N) is 1. The first-order valence-corrected chi connectivity index (χ1v) is 7.66. The molecule has 0 radical (unpaired) electrons. The minimum absolute atomic E-state index is 0.292. The first kappa shape index (κ1) is 16.0. The van der Waals surface area contributed by atoms with Crippen molar-refractivity contribution < 1.29 is 9.47 Å². The lowest BCUT2D eigenvalue weighted by molar-refractivity contribution is 0.295. The highest BCUT2D eigenvalue weighted by atomic mass is 16.5. The van der Waals surface area contributed by atoms with Gasteiger partial charge in [-0.05, 0) is 36.8 Å². The number of nitrogens with one attached hydrogen (secondary N) is 1. The molecule has 124 valence electrons. The summed E-state index contributed by atoms with van der Waals surface area (Å²) in [5, 5.41) is 7.06. The monoisotopic (exact) mass is 324 g/mol. The van der Waals surface area contributed by atoms with Gasteiger partial charge < -0.3 is 15.2 Å². The van der Waals surface area contributed by atoms with Crippen molar-refractivity contribution in [3.63, 3.8) is 0 Å². The smallest absolute Gasteiger partial charge is 0.172 e. The molecular weight excluding hydrogens is 304 g/mol. The molecule has 0 aliphatic heterocycles. The zero-order valence-electron chi connectivity index (χ0n) is 13.7. The molecule has 6 heteroatoms. The van der Waals surface area contributed by atoms with Gasteiger partial charge in [0.2, 0.25) is 0 Å². The van der Waals surface area contributed by atoms with Crippen molar-refractivity contribution in [3.8, 4) is 11.5 Å².